The second kappa shape index (κ2) is 20.9. The van der Waals surface area contributed by atoms with Crippen molar-refractivity contribution in [3.05, 3.63) is 93.7 Å². The van der Waals surface area contributed by atoms with Gasteiger partial charge in [0.05, 0.1) is 0 Å². The minimum atomic E-state index is -0.295. The van der Waals surface area contributed by atoms with Gasteiger partial charge in [0.1, 0.15) is 0 Å². The smallest absolute Gasteiger partial charge is 0.167 e. The Hall–Kier alpha value is -3.40. The highest BCUT2D eigenvalue weighted by molar-refractivity contribution is 6.13. The van der Waals surface area contributed by atoms with Gasteiger partial charge >= 0.3 is 0 Å². The highest BCUT2D eigenvalue weighted by atomic mass is 16.1. The van der Waals surface area contributed by atoms with Gasteiger partial charge in [-0.1, -0.05) is 78.2 Å². The number of rotatable bonds is 18. The fourth-order valence-electron chi connectivity index (χ4n) is 6.54. The van der Waals surface area contributed by atoms with Crippen molar-refractivity contribution < 1.29 is 19.2 Å². The van der Waals surface area contributed by atoms with E-state index in [1.54, 1.807) is 6.08 Å². The number of ketones is 4. The fraction of sp³-hybridized carbons (Fsp3) is 0.545. The topological polar surface area (TPSA) is 68.3 Å². The Morgan fingerprint density at radius 2 is 1.02 bits per heavy atom. The molecule has 4 nitrogen and oxygen atoms in total. The maximum atomic E-state index is 13.7. The summed E-state index contributed by atoms with van der Waals surface area (Å²) >= 11 is 0. The maximum Gasteiger partial charge on any atom is 0.167 e. The molecule has 4 unspecified atom stereocenters. The standard InChI is InChI=1S/C44H62O4/c1-10-37-39(26-24-34(7)20-12-17-31(4)16-11-15-30(2)3)44(48)40(29-43(37)47)35(8)22-14-21-32(5)18-13-19-33(6)23-25-38-36(9)41(45)27-28-42(38)46/h15,17-18,22-24,27-29,36-39H,10-14,16,19-21,25-26H2,1-9H3/b31-17+,32-18+,33-23+,34-24+,35-22+. The quantitative estimate of drug-likeness (QED) is 0.138. The van der Waals surface area contributed by atoms with Gasteiger partial charge in [0.2, 0.25) is 0 Å². The Morgan fingerprint density at radius 1 is 0.562 bits per heavy atom. The van der Waals surface area contributed by atoms with E-state index in [-0.39, 0.29) is 46.8 Å². The lowest BCUT2D eigenvalue weighted by Gasteiger charge is -2.28. The van der Waals surface area contributed by atoms with E-state index in [1.165, 1.54) is 40.0 Å². The first kappa shape index (κ1) is 40.8. The number of hydrogen-bond acceptors (Lipinski definition) is 4. The lowest BCUT2D eigenvalue weighted by Crippen LogP contribution is -2.34. The number of carbonyl (C=O) groups excluding carboxylic acids is 4. The maximum absolute atomic E-state index is 13.7. The molecule has 0 heterocycles. The third kappa shape index (κ3) is 13.6. The molecule has 0 radical (unpaired) electrons. The average molecular weight is 655 g/mol. The van der Waals surface area contributed by atoms with Crippen molar-refractivity contribution in [2.45, 2.75) is 133 Å². The predicted molar refractivity (Wildman–Crippen MR) is 202 cm³/mol. The first-order chi connectivity index (χ1) is 22.7. The molecule has 0 saturated heterocycles. The normalized spacial score (nSPS) is 23.2. The molecule has 2 aliphatic rings. The van der Waals surface area contributed by atoms with E-state index in [0.717, 1.165) is 56.9 Å². The molecule has 2 aliphatic carbocycles. The van der Waals surface area contributed by atoms with Gasteiger partial charge in [-0.3, -0.25) is 19.2 Å². The molecule has 0 saturated carbocycles. The Balaban J connectivity index is 1.90. The van der Waals surface area contributed by atoms with Crippen LogP contribution in [-0.2, 0) is 19.2 Å². The van der Waals surface area contributed by atoms with Gasteiger partial charge in [0, 0.05) is 29.2 Å². The summed E-state index contributed by atoms with van der Waals surface area (Å²) in [4.78, 5) is 51.0. The van der Waals surface area contributed by atoms with Gasteiger partial charge in [-0.15, -0.1) is 0 Å². The minimum Gasteiger partial charge on any atom is -0.295 e. The van der Waals surface area contributed by atoms with Crippen molar-refractivity contribution in [2.24, 2.45) is 23.7 Å². The molecule has 0 aromatic heterocycles. The predicted octanol–water partition coefficient (Wildman–Crippen LogP) is 11.3. The van der Waals surface area contributed by atoms with Gasteiger partial charge in [-0.2, -0.15) is 0 Å². The molecule has 4 heteroatoms. The molecule has 4 atom stereocenters. The molecule has 0 aliphatic heterocycles. The fourth-order valence-corrected chi connectivity index (χ4v) is 6.54. The molecule has 262 valence electrons. The first-order valence-corrected chi connectivity index (χ1v) is 18.2. The molecule has 0 N–H and O–H groups in total. The highest BCUT2D eigenvalue weighted by Gasteiger charge is 2.37. The molecule has 2 rings (SSSR count). The third-order valence-electron chi connectivity index (χ3n) is 10.0. The zero-order valence-corrected chi connectivity index (χ0v) is 31.4. The Kier molecular flexibility index (Phi) is 17.7. The van der Waals surface area contributed by atoms with Crippen LogP contribution in [0.4, 0.5) is 0 Å². The summed E-state index contributed by atoms with van der Waals surface area (Å²) in [7, 11) is 0. The second-order valence-electron chi connectivity index (χ2n) is 14.5. The molecular weight excluding hydrogens is 592 g/mol. The molecule has 0 spiro atoms. The van der Waals surface area contributed by atoms with E-state index < -0.39 is 0 Å². The lowest BCUT2D eigenvalue weighted by molar-refractivity contribution is -0.129. The summed E-state index contributed by atoms with van der Waals surface area (Å²) in [6, 6.07) is 0. The van der Waals surface area contributed by atoms with Crippen LogP contribution in [0.25, 0.3) is 0 Å². The van der Waals surface area contributed by atoms with E-state index in [4.69, 9.17) is 0 Å². The van der Waals surface area contributed by atoms with Crippen molar-refractivity contribution in [3.63, 3.8) is 0 Å². The summed E-state index contributed by atoms with van der Waals surface area (Å²) in [6.07, 6.45) is 27.3. The lowest BCUT2D eigenvalue weighted by atomic mass is 9.73. The van der Waals surface area contributed by atoms with Crippen molar-refractivity contribution in [1.29, 1.82) is 0 Å². The van der Waals surface area contributed by atoms with Gasteiger partial charge in [0.25, 0.3) is 0 Å². The Labute approximate surface area is 292 Å². The van der Waals surface area contributed by atoms with E-state index in [2.05, 4.69) is 78.0 Å². The Bertz CT molecular complexity index is 1410. The van der Waals surface area contributed by atoms with Crippen LogP contribution >= 0.6 is 0 Å². The first-order valence-electron chi connectivity index (χ1n) is 18.2. The molecule has 0 aromatic carbocycles. The van der Waals surface area contributed by atoms with E-state index in [0.29, 0.717) is 24.8 Å². The summed E-state index contributed by atoms with van der Waals surface area (Å²) in [5.41, 5.74) is 8.06. The summed E-state index contributed by atoms with van der Waals surface area (Å²) in [6.45, 7) is 18.6. The zero-order chi connectivity index (χ0) is 35.8. The molecular formula is C44H62O4. The van der Waals surface area contributed by atoms with E-state index in [1.807, 2.05) is 20.8 Å². The summed E-state index contributed by atoms with van der Waals surface area (Å²) < 4.78 is 0. The molecule has 0 aromatic rings. The number of hydrogen-bond donors (Lipinski definition) is 0. The number of carbonyl (C=O) groups is 4. The van der Waals surface area contributed by atoms with Crippen LogP contribution in [0.1, 0.15) is 133 Å². The highest BCUT2D eigenvalue weighted by Crippen LogP contribution is 2.33. The van der Waals surface area contributed by atoms with Crippen LogP contribution in [0.15, 0.2) is 93.7 Å². The van der Waals surface area contributed by atoms with Crippen LogP contribution in [0.5, 0.6) is 0 Å². The second-order valence-corrected chi connectivity index (χ2v) is 14.5. The molecule has 0 amide bonds. The van der Waals surface area contributed by atoms with Crippen molar-refractivity contribution in [1.82, 2.24) is 0 Å². The van der Waals surface area contributed by atoms with Crippen LogP contribution < -0.4 is 0 Å². The minimum absolute atomic E-state index is 0.0347. The van der Waals surface area contributed by atoms with Crippen molar-refractivity contribution >= 4 is 23.1 Å². The number of allylic oxidation sites excluding steroid dienone is 16. The van der Waals surface area contributed by atoms with Crippen LogP contribution in [0.3, 0.4) is 0 Å². The monoisotopic (exact) mass is 654 g/mol. The third-order valence-corrected chi connectivity index (χ3v) is 10.0. The molecule has 0 bridgehead atoms. The van der Waals surface area contributed by atoms with E-state index in [9.17, 15) is 19.2 Å². The van der Waals surface area contributed by atoms with Crippen molar-refractivity contribution in [3.8, 4) is 0 Å². The van der Waals surface area contributed by atoms with Crippen LogP contribution in [0.2, 0.25) is 0 Å². The largest absolute Gasteiger partial charge is 0.295 e. The van der Waals surface area contributed by atoms with Crippen LogP contribution in [0, 0.1) is 23.7 Å². The summed E-state index contributed by atoms with van der Waals surface area (Å²) in [5.74, 6) is -0.780. The van der Waals surface area contributed by atoms with Crippen molar-refractivity contribution in [2.75, 3.05) is 0 Å². The van der Waals surface area contributed by atoms with E-state index >= 15 is 0 Å². The molecule has 48 heavy (non-hydrogen) atoms. The molecule has 0 fully saturated rings. The summed E-state index contributed by atoms with van der Waals surface area (Å²) in [5, 5.41) is 0. The number of Topliss-reactive ketones (excluding diaryl/α,β-unsaturated/α-hetero) is 1. The van der Waals surface area contributed by atoms with Gasteiger partial charge in [-0.05, 0) is 143 Å². The van der Waals surface area contributed by atoms with Gasteiger partial charge in [-0.25, -0.2) is 0 Å². The zero-order valence-electron chi connectivity index (χ0n) is 31.4. The SMILES string of the molecule is CCC1C(=O)C=C(/C(C)=C/CC/C(C)=C/CC/C(C)=C/CC2C(=O)C=CC(=O)C2C)C(=O)C1C/C=C(\C)CC/C=C(\C)CCC=C(C)C. The van der Waals surface area contributed by atoms with Gasteiger partial charge in [0.15, 0.2) is 23.1 Å². The van der Waals surface area contributed by atoms with Gasteiger partial charge < -0.3 is 0 Å². The Morgan fingerprint density at radius 3 is 1.54 bits per heavy atom. The average Bonchev–Trinajstić information content (AvgIpc) is 3.02. The van der Waals surface area contributed by atoms with Crippen LogP contribution in [-0.4, -0.2) is 23.1 Å².